The summed E-state index contributed by atoms with van der Waals surface area (Å²) in [6, 6.07) is 6.52. The number of fused-ring (bicyclic) bond motifs is 2. The minimum absolute atomic E-state index is 0.117. The van der Waals surface area contributed by atoms with Gasteiger partial charge in [0, 0.05) is 23.2 Å². The van der Waals surface area contributed by atoms with E-state index < -0.39 is 29.5 Å². The van der Waals surface area contributed by atoms with Gasteiger partial charge in [-0.2, -0.15) is 0 Å². The summed E-state index contributed by atoms with van der Waals surface area (Å²) in [5.41, 5.74) is 8.62. The summed E-state index contributed by atoms with van der Waals surface area (Å²) in [6.45, 7) is 6.74. The Balaban J connectivity index is 1.49. The third-order valence-corrected chi connectivity index (χ3v) is 8.56. The zero-order valence-corrected chi connectivity index (χ0v) is 21.7. The first-order chi connectivity index (χ1) is 17.9. The molecule has 3 heterocycles. The molecule has 0 saturated heterocycles. The van der Waals surface area contributed by atoms with Crippen molar-refractivity contribution in [2.24, 2.45) is 11.3 Å². The number of alkyl halides is 3. The van der Waals surface area contributed by atoms with Crippen molar-refractivity contribution in [2.75, 3.05) is 5.73 Å². The van der Waals surface area contributed by atoms with E-state index in [2.05, 4.69) is 30.8 Å². The van der Waals surface area contributed by atoms with Gasteiger partial charge in [0.25, 0.3) is 5.78 Å². The number of hydrogen-bond donors (Lipinski definition) is 1. The highest BCUT2D eigenvalue weighted by molar-refractivity contribution is 7.21. The fourth-order valence-corrected chi connectivity index (χ4v) is 5.86. The molecule has 0 spiro atoms. The monoisotopic (exact) mass is 546 g/mol. The minimum Gasteiger partial charge on any atom is -0.539 e. The van der Waals surface area contributed by atoms with Crippen LogP contribution in [0.5, 0.6) is 11.7 Å². The van der Waals surface area contributed by atoms with Crippen molar-refractivity contribution in [1.29, 1.82) is 0 Å². The van der Waals surface area contributed by atoms with E-state index >= 15 is 0 Å². The SMILES string of the molecule is CCC(C)(C)C1CCc2nc3sc(C(=O)c4c([O-])on[n+]4-c4ccc(OC(F)(F)F)cc4)c(N)c3cc2C1. The number of nitrogens with zero attached hydrogens (tertiary/aromatic N) is 3. The molecule has 0 amide bonds. The number of pyridine rings is 1. The number of hydrogen-bond acceptors (Lipinski definition) is 8. The predicted molar refractivity (Wildman–Crippen MR) is 131 cm³/mol. The lowest BCUT2D eigenvalue weighted by atomic mass is 9.69. The van der Waals surface area contributed by atoms with Gasteiger partial charge in [0.2, 0.25) is 5.69 Å². The third kappa shape index (κ3) is 4.68. The number of nitrogens with two attached hydrogens (primary N) is 1. The molecule has 200 valence electrons. The third-order valence-electron chi connectivity index (χ3n) is 7.45. The molecule has 0 fully saturated rings. The number of benzene rings is 1. The first-order valence-corrected chi connectivity index (χ1v) is 12.9. The number of halogens is 3. The van der Waals surface area contributed by atoms with Crippen LogP contribution >= 0.6 is 11.3 Å². The molecule has 1 unspecified atom stereocenters. The summed E-state index contributed by atoms with van der Waals surface area (Å²) in [5.74, 6) is -1.67. The van der Waals surface area contributed by atoms with Gasteiger partial charge in [-0.15, -0.1) is 24.5 Å². The molecule has 3 aromatic heterocycles. The highest BCUT2D eigenvalue weighted by Gasteiger charge is 2.35. The Bertz CT molecular complexity index is 1530. The molecule has 38 heavy (non-hydrogen) atoms. The van der Waals surface area contributed by atoms with E-state index in [0.717, 1.165) is 65.1 Å². The van der Waals surface area contributed by atoms with Crippen molar-refractivity contribution in [3.8, 4) is 17.4 Å². The van der Waals surface area contributed by atoms with Crippen LogP contribution in [0.4, 0.5) is 18.9 Å². The van der Waals surface area contributed by atoms with E-state index in [4.69, 9.17) is 15.2 Å². The molecular weight excluding hydrogens is 521 g/mol. The van der Waals surface area contributed by atoms with Crippen LogP contribution in [0.3, 0.4) is 0 Å². The fraction of sp³-hybridized carbons (Fsp3) is 0.385. The average molecular weight is 547 g/mol. The topological polar surface area (TPSA) is 118 Å². The molecule has 2 N–H and O–H groups in total. The summed E-state index contributed by atoms with van der Waals surface area (Å²) >= 11 is 1.08. The number of ketones is 1. The Labute approximate surface area is 219 Å². The van der Waals surface area contributed by atoms with Gasteiger partial charge in [0.1, 0.15) is 15.5 Å². The highest BCUT2D eigenvalue weighted by atomic mass is 32.1. The summed E-state index contributed by atoms with van der Waals surface area (Å²) in [6.07, 6.45) is -1.04. The number of thiophene rings is 1. The maximum absolute atomic E-state index is 13.5. The van der Waals surface area contributed by atoms with E-state index in [1.165, 1.54) is 12.1 Å². The van der Waals surface area contributed by atoms with Crippen molar-refractivity contribution in [3.63, 3.8) is 0 Å². The molecule has 8 nitrogen and oxygen atoms in total. The van der Waals surface area contributed by atoms with Crippen LogP contribution in [0.2, 0.25) is 0 Å². The van der Waals surface area contributed by atoms with Crippen LogP contribution in [0, 0.1) is 11.3 Å². The number of carbonyl (C=O) groups excluding carboxylic acids is 1. The first-order valence-electron chi connectivity index (χ1n) is 12.1. The molecule has 0 radical (unpaired) electrons. The number of rotatable bonds is 6. The fourth-order valence-electron chi connectivity index (χ4n) is 4.82. The molecule has 1 aliphatic carbocycles. The minimum atomic E-state index is -4.86. The lowest BCUT2D eigenvalue weighted by molar-refractivity contribution is -0.672. The van der Waals surface area contributed by atoms with E-state index in [9.17, 15) is 23.1 Å². The highest BCUT2D eigenvalue weighted by Crippen LogP contribution is 2.42. The maximum atomic E-state index is 13.5. The van der Waals surface area contributed by atoms with Crippen molar-refractivity contribution in [1.82, 2.24) is 10.3 Å². The second-order valence-electron chi connectivity index (χ2n) is 10.1. The van der Waals surface area contributed by atoms with E-state index in [-0.39, 0.29) is 21.7 Å². The van der Waals surface area contributed by atoms with Crippen LogP contribution < -0.4 is 20.3 Å². The van der Waals surface area contributed by atoms with Gasteiger partial charge in [-0.05, 0) is 59.0 Å². The zero-order chi connectivity index (χ0) is 27.4. The first kappa shape index (κ1) is 26.0. The van der Waals surface area contributed by atoms with E-state index in [0.29, 0.717) is 16.1 Å². The van der Waals surface area contributed by atoms with Crippen LogP contribution in [0.1, 0.15) is 60.2 Å². The Morgan fingerprint density at radius 2 is 2.00 bits per heavy atom. The molecule has 1 aliphatic rings. The second kappa shape index (κ2) is 9.26. The van der Waals surface area contributed by atoms with Crippen LogP contribution in [0.25, 0.3) is 15.9 Å². The second-order valence-corrected chi connectivity index (χ2v) is 11.1. The lowest BCUT2D eigenvalue weighted by Gasteiger charge is -2.36. The number of ether oxygens (including phenoxy) is 1. The summed E-state index contributed by atoms with van der Waals surface area (Å²) in [5, 5.41) is 16.7. The Morgan fingerprint density at radius 3 is 2.66 bits per heavy atom. The number of nitrogen functional groups attached to an aromatic ring is 1. The largest absolute Gasteiger partial charge is 0.573 e. The van der Waals surface area contributed by atoms with E-state index in [1.54, 1.807) is 0 Å². The normalized spacial score (nSPS) is 16.0. The Morgan fingerprint density at radius 1 is 1.29 bits per heavy atom. The molecule has 0 aliphatic heterocycles. The van der Waals surface area contributed by atoms with Crippen molar-refractivity contribution >= 4 is 33.0 Å². The van der Waals surface area contributed by atoms with Gasteiger partial charge in [0.05, 0.1) is 11.0 Å². The van der Waals surface area contributed by atoms with Gasteiger partial charge in [-0.3, -0.25) is 4.79 Å². The van der Waals surface area contributed by atoms with Crippen LogP contribution in [0.15, 0.2) is 34.9 Å². The molecule has 1 atom stereocenters. The lowest BCUT2D eigenvalue weighted by Crippen LogP contribution is -2.39. The summed E-state index contributed by atoms with van der Waals surface area (Å²) < 4.78 is 47.0. The van der Waals surface area contributed by atoms with Gasteiger partial charge >= 0.3 is 12.1 Å². The molecule has 12 heteroatoms. The number of aryl methyl sites for hydroxylation is 1. The van der Waals surface area contributed by atoms with Crippen molar-refractivity contribution in [2.45, 2.75) is 52.8 Å². The summed E-state index contributed by atoms with van der Waals surface area (Å²) in [7, 11) is 0. The maximum Gasteiger partial charge on any atom is 0.573 e. The van der Waals surface area contributed by atoms with Gasteiger partial charge in [-0.1, -0.05) is 27.2 Å². The smallest absolute Gasteiger partial charge is 0.539 e. The quantitative estimate of drug-likeness (QED) is 0.270. The van der Waals surface area contributed by atoms with Crippen LogP contribution in [-0.4, -0.2) is 22.4 Å². The number of aromatic nitrogens is 3. The summed E-state index contributed by atoms with van der Waals surface area (Å²) in [4.78, 5) is 19.0. The molecule has 5 rings (SSSR count). The van der Waals surface area contributed by atoms with E-state index in [1.807, 2.05) is 6.07 Å². The number of carbonyl (C=O) groups is 1. The Kier molecular flexibility index (Phi) is 6.33. The van der Waals surface area contributed by atoms with Gasteiger partial charge in [0.15, 0.2) is 5.95 Å². The molecule has 0 bridgehead atoms. The predicted octanol–water partition coefficient (Wildman–Crippen LogP) is 4.89. The van der Waals surface area contributed by atoms with Crippen molar-refractivity contribution in [3.05, 3.63) is 52.2 Å². The molecule has 1 aromatic carbocycles. The van der Waals surface area contributed by atoms with Crippen molar-refractivity contribution < 1.29 is 37.0 Å². The average Bonchev–Trinajstić information content (AvgIpc) is 3.41. The molecule has 0 saturated carbocycles. The van der Waals surface area contributed by atoms with Gasteiger partial charge in [-0.25, -0.2) is 4.98 Å². The standard InChI is InChI=1S/C26H25F3N4O4S/c1-4-25(2,3)14-5-10-18-13(11-14)12-17-19(30)22(38-23(17)31-18)21(34)20-24(35)37-32-33(20)15-6-8-16(9-7-15)36-26(27,28)29/h6-9,12,14H,4-5,10-11H2,1-3H3,(H2-,30,32,34,35). The number of anilines is 1. The molecular formula is C26H25F3N4O4S. The van der Waals surface area contributed by atoms with Gasteiger partial charge < -0.3 is 20.1 Å². The van der Waals surface area contributed by atoms with Crippen LogP contribution in [-0.2, 0) is 12.8 Å². The zero-order valence-electron chi connectivity index (χ0n) is 20.9. The molecule has 4 aromatic rings. The Hall–Kier alpha value is -3.67.